The van der Waals surface area contributed by atoms with Crippen LogP contribution in [0.25, 0.3) is 16.6 Å². The molecule has 0 aliphatic rings. The van der Waals surface area contributed by atoms with Gasteiger partial charge in [0.25, 0.3) is 5.56 Å². The Labute approximate surface area is 199 Å². The highest BCUT2D eigenvalue weighted by atomic mass is 16.5. The maximum atomic E-state index is 13.6. The Hall–Kier alpha value is -3.68. The van der Waals surface area contributed by atoms with E-state index in [0.29, 0.717) is 41.3 Å². The van der Waals surface area contributed by atoms with E-state index in [1.807, 2.05) is 26.8 Å². The van der Waals surface area contributed by atoms with Crippen LogP contribution in [0.2, 0.25) is 0 Å². The summed E-state index contributed by atoms with van der Waals surface area (Å²) in [6, 6.07) is 13.9. The van der Waals surface area contributed by atoms with Crippen LogP contribution in [-0.2, 0) is 14.3 Å². The van der Waals surface area contributed by atoms with Crippen molar-refractivity contribution in [2.45, 2.75) is 46.6 Å². The Bertz CT molecular complexity index is 1200. The lowest BCUT2D eigenvalue weighted by Gasteiger charge is -2.29. The summed E-state index contributed by atoms with van der Waals surface area (Å²) in [6.45, 7) is 8.55. The standard InChI is InChI=1S/C26H31N3O5/c1-5-28(23(30)16-17-24(31)34-7-3)18(4)25-27-22-11-9-8-10-21(22)26(32)29(25)19-12-14-20(15-13-19)33-6-2/h8-15,18H,5-7,16-17H2,1-4H3. The van der Waals surface area contributed by atoms with E-state index in [9.17, 15) is 14.4 Å². The molecule has 0 aliphatic carbocycles. The quantitative estimate of drug-likeness (QED) is 0.420. The number of carbonyl (C=O) groups is 2. The minimum absolute atomic E-state index is 0.00668. The molecule has 180 valence electrons. The van der Waals surface area contributed by atoms with Gasteiger partial charge >= 0.3 is 5.97 Å². The fourth-order valence-electron chi connectivity index (χ4n) is 3.93. The third-order valence-corrected chi connectivity index (χ3v) is 5.56. The van der Waals surface area contributed by atoms with Crippen LogP contribution in [-0.4, -0.2) is 46.1 Å². The van der Waals surface area contributed by atoms with Crippen LogP contribution < -0.4 is 10.3 Å². The highest BCUT2D eigenvalue weighted by Crippen LogP contribution is 2.24. The average Bonchev–Trinajstić information content (AvgIpc) is 2.84. The van der Waals surface area contributed by atoms with E-state index in [0.717, 1.165) is 0 Å². The van der Waals surface area contributed by atoms with Crippen molar-refractivity contribution < 1.29 is 19.1 Å². The number of para-hydroxylation sites is 1. The molecule has 34 heavy (non-hydrogen) atoms. The van der Waals surface area contributed by atoms with E-state index >= 15 is 0 Å². The van der Waals surface area contributed by atoms with Crippen LogP contribution in [0.3, 0.4) is 0 Å². The number of rotatable bonds is 10. The third-order valence-electron chi connectivity index (χ3n) is 5.56. The van der Waals surface area contributed by atoms with Crippen LogP contribution in [0.1, 0.15) is 52.4 Å². The van der Waals surface area contributed by atoms with Gasteiger partial charge in [-0.05, 0) is 64.1 Å². The number of ether oxygens (including phenoxy) is 2. The second-order valence-corrected chi connectivity index (χ2v) is 7.72. The predicted molar refractivity (Wildman–Crippen MR) is 130 cm³/mol. The van der Waals surface area contributed by atoms with Crippen molar-refractivity contribution in [1.29, 1.82) is 0 Å². The topological polar surface area (TPSA) is 90.7 Å². The fraction of sp³-hybridized carbons (Fsp3) is 0.385. The molecule has 1 heterocycles. The van der Waals surface area contributed by atoms with E-state index in [1.165, 1.54) is 0 Å². The van der Waals surface area contributed by atoms with Crippen molar-refractivity contribution in [2.24, 2.45) is 0 Å². The van der Waals surface area contributed by atoms with Crippen molar-refractivity contribution in [1.82, 2.24) is 14.5 Å². The molecule has 1 aromatic heterocycles. The normalized spacial score (nSPS) is 11.8. The molecule has 0 aliphatic heterocycles. The Balaban J connectivity index is 2.05. The zero-order valence-corrected chi connectivity index (χ0v) is 20.1. The monoisotopic (exact) mass is 465 g/mol. The summed E-state index contributed by atoms with van der Waals surface area (Å²) in [7, 11) is 0. The van der Waals surface area contributed by atoms with Crippen molar-refractivity contribution >= 4 is 22.8 Å². The van der Waals surface area contributed by atoms with Crippen LogP contribution >= 0.6 is 0 Å². The Morgan fingerprint density at radius 2 is 1.71 bits per heavy atom. The first-order chi connectivity index (χ1) is 16.4. The zero-order valence-electron chi connectivity index (χ0n) is 20.1. The summed E-state index contributed by atoms with van der Waals surface area (Å²) in [4.78, 5) is 44.7. The molecule has 3 aromatic rings. The van der Waals surface area contributed by atoms with Crippen LogP contribution in [0, 0.1) is 0 Å². The summed E-state index contributed by atoms with van der Waals surface area (Å²) < 4.78 is 12.0. The van der Waals surface area contributed by atoms with Gasteiger partial charge in [-0.3, -0.25) is 19.0 Å². The van der Waals surface area contributed by atoms with Gasteiger partial charge in [0, 0.05) is 13.0 Å². The van der Waals surface area contributed by atoms with Gasteiger partial charge in [-0.25, -0.2) is 4.98 Å². The molecule has 2 aromatic carbocycles. The molecule has 0 spiro atoms. The van der Waals surface area contributed by atoms with Gasteiger partial charge in [0.05, 0.1) is 42.3 Å². The summed E-state index contributed by atoms with van der Waals surface area (Å²) in [5.74, 6) is 0.532. The van der Waals surface area contributed by atoms with Crippen LogP contribution in [0.4, 0.5) is 0 Å². The molecule has 0 saturated carbocycles. The molecule has 1 atom stereocenters. The molecule has 8 heteroatoms. The molecule has 0 fully saturated rings. The van der Waals surface area contributed by atoms with Crippen molar-refractivity contribution in [3.63, 3.8) is 0 Å². The summed E-state index contributed by atoms with van der Waals surface area (Å²) >= 11 is 0. The van der Waals surface area contributed by atoms with E-state index in [4.69, 9.17) is 14.5 Å². The molecule has 1 amide bonds. The summed E-state index contributed by atoms with van der Waals surface area (Å²) in [6.07, 6.45) is 0.0324. The minimum atomic E-state index is -0.511. The molecule has 0 bridgehead atoms. The fourth-order valence-corrected chi connectivity index (χ4v) is 3.93. The second kappa shape index (κ2) is 11.4. The lowest BCUT2D eigenvalue weighted by Crippen LogP contribution is -2.37. The molecule has 3 rings (SSSR count). The maximum absolute atomic E-state index is 13.6. The molecule has 8 nitrogen and oxygen atoms in total. The van der Waals surface area contributed by atoms with Gasteiger partial charge in [0.2, 0.25) is 5.91 Å². The van der Waals surface area contributed by atoms with Crippen molar-refractivity contribution in [2.75, 3.05) is 19.8 Å². The van der Waals surface area contributed by atoms with Crippen molar-refractivity contribution in [3.05, 3.63) is 64.7 Å². The Kier molecular flexibility index (Phi) is 8.40. The number of carbonyl (C=O) groups excluding carboxylic acids is 2. The minimum Gasteiger partial charge on any atom is -0.494 e. The molecule has 1 unspecified atom stereocenters. The third kappa shape index (κ3) is 5.44. The van der Waals surface area contributed by atoms with Gasteiger partial charge in [-0.15, -0.1) is 0 Å². The van der Waals surface area contributed by atoms with Gasteiger partial charge in [0.15, 0.2) is 0 Å². The Morgan fingerprint density at radius 3 is 2.35 bits per heavy atom. The number of benzene rings is 2. The first-order valence-electron chi connectivity index (χ1n) is 11.6. The van der Waals surface area contributed by atoms with E-state index in [2.05, 4.69) is 0 Å². The first kappa shape index (κ1) is 25.0. The van der Waals surface area contributed by atoms with Gasteiger partial charge in [-0.2, -0.15) is 0 Å². The number of fused-ring (bicyclic) bond motifs is 1. The molecule has 0 saturated heterocycles. The van der Waals surface area contributed by atoms with Gasteiger partial charge in [0.1, 0.15) is 11.6 Å². The maximum Gasteiger partial charge on any atom is 0.306 e. The highest BCUT2D eigenvalue weighted by molar-refractivity contribution is 5.82. The van der Waals surface area contributed by atoms with Crippen LogP contribution in [0.5, 0.6) is 5.75 Å². The van der Waals surface area contributed by atoms with Gasteiger partial charge in [-0.1, -0.05) is 12.1 Å². The molecular formula is C26H31N3O5. The van der Waals surface area contributed by atoms with Gasteiger partial charge < -0.3 is 14.4 Å². The number of amides is 1. The predicted octanol–water partition coefficient (Wildman–Crippen LogP) is 4.04. The second-order valence-electron chi connectivity index (χ2n) is 7.72. The summed E-state index contributed by atoms with van der Waals surface area (Å²) in [5.41, 5.74) is 0.974. The van der Waals surface area contributed by atoms with Crippen LogP contribution in [0.15, 0.2) is 53.3 Å². The Morgan fingerprint density at radius 1 is 1.00 bits per heavy atom. The number of nitrogens with zero attached hydrogens (tertiary/aromatic N) is 3. The average molecular weight is 466 g/mol. The first-order valence-corrected chi connectivity index (χ1v) is 11.6. The molecular weight excluding hydrogens is 434 g/mol. The largest absolute Gasteiger partial charge is 0.494 e. The van der Waals surface area contributed by atoms with E-state index in [-0.39, 0.29) is 30.9 Å². The smallest absolute Gasteiger partial charge is 0.306 e. The number of esters is 1. The van der Waals surface area contributed by atoms with Crippen molar-refractivity contribution in [3.8, 4) is 11.4 Å². The SMILES string of the molecule is CCOC(=O)CCC(=O)N(CC)C(C)c1nc2ccccc2c(=O)n1-c1ccc(OCC)cc1. The lowest BCUT2D eigenvalue weighted by molar-refractivity contribution is -0.146. The number of aromatic nitrogens is 2. The lowest BCUT2D eigenvalue weighted by atomic mass is 10.1. The van der Waals surface area contributed by atoms with E-state index < -0.39 is 12.0 Å². The molecule has 0 N–H and O–H groups in total. The highest BCUT2D eigenvalue weighted by Gasteiger charge is 2.26. The number of hydrogen-bond acceptors (Lipinski definition) is 6. The summed E-state index contributed by atoms with van der Waals surface area (Å²) in [5, 5.41) is 0.490. The number of hydrogen-bond donors (Lipinski definition) is 0. The van der Waals surface area contributed by atoms with E-state index in [1.54, 1.807) is 58.9 Å². The molecule has 0 radical (unpaired) electrons. The zero-order chi connectivity index (χ0) is 24.7.